The van der Waals surface area contributed by atoms with Gasteiger partial charge in [0.25, 0.3) is 0 Å². The predicted octanol–water partition coefficient (Wildman–Crippen LogP) is 2.58. The van der Waals surface area contributed by atoms with Crippen LogP contribution in [0.2, 0.25) is 0 Å². The molecule has 0 radical (unpaired) electrons. The summed E-state index contributed by atoms with van der Waals surface area (Å²) in [6.07, 6.45) is 11.1. The number of aryl methyl sites for hydroxylation is 2. The molecule has 1 amide bonds. The lowest BCUT2D eigenvalue weighted by Crippen LogP contribution is -2.12. The van der Waals surface area contributed by atoms with Gasteiger partial charge in [-0.1, -0.05) is 37.0 Å². The van der Waals surface area contributed by atoms with Gasteiger partial charge in [0.05, 0.1) is 6.20 Å². The van der Waals surface area contributed by atoms with E-state index >= 15 is 0 Å². The van der Waals surface area contributed by atoms with E-state index in [0.29, 0.717) is 18.0 Å². The zero-order valence-corrected chi connectivity index (χ0v) is 13.6. The first-order valence-corrected chi connectivity index (χ1v) is 8.60. The average Bonchev–Trinajstić information content (AvgIpc) is 3.21. The van der Waals surface area contributed by atoms with Crippen molar-refractivity contribution in [2.75, 3.05) is 5.32 Å². The van der Waals surface area contributed by atoms with Gasteiger partial charge in [0.2, 0.25) is 11.0 Å². The molecule has 3 rings (SSSR count). The lowest BCUT2D eigenvalue weighted by Gasteiger charge is -2.03. The van der Waals surface area contributed by atoms with E-state index in [1.165, 1.54) is 37.0 Å². The summed E-state index contributed by atoms with van der Waals surface area (Å²) in [5.41, 5.74) is 1.07. The molecule has 1 aliphatic carbocycles. The molecule has 0 saturated heterocycles. The molecule has 6 nitrogen and oxygen atoms in total. The van der Waals surface area contributed by atoms with Gasteiger partial charge in [0.1, 0.15) is 5.01 Å². The fraction of sp³-hybridized carbons (Fsp3) is 0.600. The largest absolute Gasteiger partial charge is 0.301 e. The molecule has 0 aliphatic heterocycles. The molecule has 0 spiro atoms. The maximum Gasteiger partial charge on any atom is 0.226 e. The molecule has 1 N–H and O–H groups in total. The van der Waals surface area contributed by atoms with Gasteiger partial charge in [-0.2, -0.15) is 5.10 Å². The topological polar surface area (TPSA) is 72.7 Å². The van der Waals surface area contributed by atoms with Crippen LogP contribution in [0.15, 0.2) is 12.4 Å². The van der Waals surface area contributed by atoms with E-state index in [-0.39, 0.29) is 5.91 Å². The normalized spacial score (nSPS) is 15.3. The van der Waals surface area contributed by atoms with Gasteiger partial charge in [0.15, 0.2) is 0 Å². The van der Waals surface area contributed by atoms with Gasteiger partial charge in [-0.3, -0.25) is 9.48 Å². The number of hydrogen-bond donors (Lipinski definition) is 1. The molecular formula is C15H21N5OS. The number of rotatable bonds is 6. The Morgan fingerprint density at radius 1 is 1.41 bits per heavy atom. The third-order valence-electron chi connectivity index (χ3n) is 4.05. The first kappa shape index (κ1) is 15.1. The summed E-state index contributed by atoms with van der Waals surface area (Å²) < 4.78 is 1.74. The fourth-order valence-electron chi connectivity index (χ4n) is 2.89. The number of nitrogens with zero attached hydrogens (tertiary/aromatic N) is 4. The SMILES string of the molecule is Cn1cc(CCC(=O)Nc2nnc(CC3CCCC3)s2)cn1. The monoisotopic (exact) mass is 319 g/mol. The van der Waals surface area contributed by atoms with Gasteiger partial charge >= 0.3 is 0 Å². The first-order chi connectivity index (χ1) is 10.7. The highest BCUT2D eigenvalue weighted by atomic mass is 32.1. The minimum atomic E-state index is -0.0209. The van der Waals surface area contributed by atoms with Crippen molar-refractivity contribution < 1.29 is 4.79 Å². The molecule has 2 heterocycles. The summed E-state index contributed by atoms with van der Waals surface area (Å²) in [4.78, 5) is 11.9. The zero-order valence-electron chi connectivity index (χ0n) is 12.8. The van der Waals surface area contributed by atoms with Crippen molar-refractivity contribution >= 4 is 22.4 Å². The number of nitrogens with one attached hydrogen (secondary N) is 1. The van der Waals surface area contributed by atoms with Gasteiger partial charge in [0, 0.05) is 26.1 Å². The number of amides is 1. The molecule has 7 heteroatoms. The molecule has 1 fully saturated rings. The highest BCUT2D eigenvalue weighted by Gasteiger charge is 2.18. The molecule has 2 aromatic rings. The van der Waals surface area contributed by atoms with Crippen molar-refractivity contribution in [2.45, 2.75) is 44.9 Å². The molecule has 1 saturated carbocycles. The number of carbonyl (C=O) groups excluding carboxylic acids is 1. The zero-order chi connectivity index (χ0) is 15.4. The average molecular weight is 319 g/mol. The summed E-state index contributed by atoms with van der Waals surface area (Å²) in [6, 6.07) is 0. The molecule has 0 atom stereocenters. The summed E-state index contributed by atoms with van der Waals surface area (Å²) in [6.45, 7) is 0. The van der Waals surface area contributed by atoms with Crippen molar-refractivity contribution in [3.63, 3.8) is 0 Å². The third-order valence-corrected chi connectivity index (χ3v) is 4.91. The lowest BCUT2D eigenvalue weighted by molar-refractivity contribution is -0.116. The predicted molar refractivity (Wildman–Crippen MR) is 85.7 cm³/mol. The van der Waals surface area contributed by atoms with Crippen molar-refractivity contribution in [3.05, 3.63) is 23.0 Å². The van der Waals surface area contributed by atoms with Crippen LogP contribution in [0.5, 0.6) is 0 Å². The van der Waals surface area contributed by atoms with Gasteiger partial charge in [-0.15, -0.1) is 10.2 Å². The fourth-order valence-corrected chi connectivity index (χ4v) is 3.76. The standard InChI is InChI=1S/C15H21N5OS/c1-20-10-12(9-16-20)6-7-13(21)17-15-19-18-14(22-15)8-11-4-2-3-5-11/h9-11H,2-8H2,1H3,(H,17,19,21). The van der Waals surface area contributed by atoms with Crippen LogP contribution in [0.25, 0.3) is 0 Å². The Hall–Kier alpha value is -1.76. The highest BCUT2D eigenvalue weighted by molar-refractivity contribution is 7.15. The minimum Gasteiger partial charge on any atom is -0.301 e. The Morgan fingerprint density at radius 2 is 2.23 bits per heavy atom. The maximum atomic E-state index is 11.9. The van der Waals surface area contributed by atoms with Crippen LogP contribution in [0, 0.1) is 5.92 Å². The van der Waals surface area contributed by atoms with E-state index < -0.39 is 0 Å². The number of hydrogen-bond acceptors (Lipinski definition) is 5. The quantitative estimate of drug-likeness (QED) is 0.888. The second-order valence-electron chi connectivity index (χ2n) is 5.93. The van der Waals surface area contributed by atoms with Gasteiger partial charge in [-0.05, 0) is 17.9 Å². The Bertz CT molecular complexity index is 629. The molecule has 2 aromatic heterocycles. The summed E-state index contributed by atoms with van der Waals surface area (Å²) in [5.74, 6) is 0.731. The van der Waals surface area contributed by atoms with Crippen LogP contribution in [0.4, 0.5) is 5.13 Å². The lowest BCUT2D eigenvalue weighted by atomic mass is 10.1. The van der Waals surface area contributed by atoms with Crippen molar-refractivity contribution in [3.8, 4) is 0 Å². The van der Waals surface area contributed by atoms with Crippen LogP contribution >= 0.6 is 11.3 Å². The summed E-state index contributed by atoms with van der Waals surface area (Å²) >= 11 is 1.50. The van der Waals surface area contributed by atoms with E-state index in [9.17, 15) is 4.79 Å². The Kier molecular flexibility index (Phi) is 4.82. The van der Waals surface area contributed by atoms with Gasteiger partial charge < -0.3 is 5.32 Å². The second-order valence-corrected chi connectivity index (χ2v) is 6.99. The number of carbonyl (C=O) groups is 1. The third kappa shape index (κ3) is 4.13. The molecule has 1 aliphatic rings. The maximum absolute atomic E-state index is 11.9. The molecule has 0 bridgehead atoms. The van der Waals surface area contributed by atoms with E-state index in [2.05, 4.69) is 20.6 Å². The molecule has 22 heavy (non-hydrogen) atoms. The van der Waals surface area contributed by atoms with E-state index in [1.54, 1.807) is 10.9 Å². The van der Waals surface area contributed by atoms with Crippen LogP contribution < -0.4 is 5.32 Å². The van der Waals surface area contributed by atoms with Gasteiger partial charge in [-0.25, -0.2) is 0 Å². The van der Waals surface area contributed by atoms with E-state index in [0.717, 1.165) is 22.9 Å². The number of anilines is 1. The molecule has 0 unspecified atom stereocenters. The van der Waals surface area contributed by atoms with Crippen LogP contribution in [0.1, 0.15) is 42.7 Å². The first-order valence-electron chi connectivity index (χ1n) is 7.79. The minimum absolute atomic E-state index is 0.0209. The van der Waals surface area contributed by atoms with Crippen molar-refractivity contribution in [1.82, 2.24) is 20.0 Å². The number of aromatic nitrogens is 4. The summed E-state index contributed by atoms with van der Waals surface area (Å²) in [7, 11) is 1.87. The Morgan fingerprint density at radius 3 is 2.95 bits per heavy atom. The molecule has 0 aromatic carbocycles. The van der Waals surface area contributed by atoms with Crippen LogP contribution in [-0.4, -0.2) is 25.9 Å². The van der Waals surface area contributed by atoms with E-state index in [1.807, 2.05) is 13.2 Å². The van der Waals surface area contributed by atoms with E-state index in [4.69, 9.17) is 0 Å². The smallest absolute Gasteiger partial charge is 0.226 e. The summed E-state index contributed by atoms with van der Waals surface area (Å²) in [5, 5.41) is 16.9. The van der Waals surface area contributed by atoms with Crippen LogP contribution in [-0.2, 0) is 24.7 Å². The Balaban J connectivity index is 1.45. The van der Waals surface area contributed by atoms with Crippen molar-refractivity contribution in [2.24, 2.45) is 13.0 Å². The van der Waals surface area contributed by atoms with Crippen molar-refractivity contribution in [1.29, 1.82) is 0 Å². The second kappa shape index (κ2) is 7.00. The Labute approximate surface area is 133 Å². The van der Waals surface area contributed by atoms with Crippen LogP contribution in [0.3, 0.4) is 0 Å². The molecular weight excluding hydrogens is 298 g/mol. The molecule has 118 valence electrons. The highest BCUT2D eigenvalue weighted by Crippen LogP contribution is 2.29.